The predicted octanol–water partition coefficient (Wildman–Crippen LogP) is 1.09. The summed E-state index contributed by atoms with van der Waals surface area (Å²) < 4.78 is 19.9. The van der Waals surface area contributed by atoms with E-state index in [1.807, 2.05) is 0 Å². The smallest absolute Gasteiger partial charge is 0.271 e. The molecule has 38 heavy (non-hydrogen) atoms. The maximum atomic E-state index is 13.3. The number of ether oxygens (including phenoxy) is 1. The summed E-state index contributed by atoms with van der Waals surface area (Å²) in [4.78, 5) is 54.0. The van der Waals surface area contributed by atoms with Crippen LogP contribution in [0.25, 0.3) is 5.65 Å². The Kier molecular flexibility index (Phi) is 6.39. The molecule has 2 aromatic heterocycles. The van der Waals surface area contributed by atoms with Gasteiger partial charge in [-0.25, -0.2) is 13.9 Å². The molecule has 5 rings (SSSR count). The molecule has 12 nitrogen and oxygen atoms in total. The maximum Gasteiger partial charge on any atom is 0.271 e. The van der Waals surface area contributed by atoms with Gasteiger partial charge in [-0.15, -0.1) is 0 Å². The Labute approximate surface area is 214 Å². The molecule has 4 amide bonds. The lowest BCUT2D eigenvalue weighted by Gasteiger charge is -2.18. The molecule has 0 saturated heterocycles. The largest absolute Gasteiger partial charge is 0.482 e. The van der Waals surface area contributed by atoms with E-state index in [-0.39, 0.29) is 41.7 Å². The normalized spacial score (nSPS) is 13.1. The van der Waals surface area contributed by atoms with E-state index in [0.717, 1.165) is 12.1 Å². The molecule has 0 unspecified atom stereocenters. The SMILES string of the molecule is NC(=O)[C@H](NC(=O)c1cc(C(=O)NCc2ccc3c(c2)NC(=O)CO3)nc2ccnn12)c1ccc(F)cc1. The number of fused-ring (bicyclic) bond motifs is 2. The van der Waals surface area contributed by atoms with Crippen LogP contribution in [-0.4, -0.2) is 44.8 Å². The Hall–Kier alpha value is -5.33. The van der Waals surface area contributed by atoms with Crippen molar-refractivity contribution in [3.05, 3.63) is 89.1 Å². The summed E-state index contributed by atoms with van der Waals surface area (Å²) in [5.41, 5.74) is 7.00. The van der Waals surface area contributed by atoms with Crippen molar-refractivity contribution in [2.45, 2.75) is 12.6 Å². The molecule has 0 spiro atoms. The van der Waals surface area contributed by atoms with Crippen LogP contribution >= 0.6 is 0 Å². The molecule has 1 atom stereocenters. The number of rotatable bonds is 7. The van der Waals surface area contributed by atoms with Gasteiger partial charge in [0.25, 0.3) is 17.7 Å². The van der Waals surface area contributed by atoms with Gasteiger partial charge in [0.05, 0.1) is 11.9 Å². The van der Waals surface area contributed by atoms with Gasteiger partial charge in [-0.1, -0.05) is 18.2 Å². The molecule has 1 aliphatic heterocycles. The lowest BCUT2D eigenvalue weighted by Crippen LogP contribution is -2.38. The molecule has 3 heterocycles. The average Bonchev–Trinajstić information content (AvgIpc) is 3.38. The van der Waals surface area contributed by atoms with E-state index in [1.165, 1.54) is 35.0 Å². The summed E-state index contributed by atoms with van der Waals surface area (Å²) >= 11 is 0. The minimum atomic E-state index is -1.26. The molecule has 0 fully saturated rings. The number of amides is 4. The van der Waals surface area contributed by atoms with E-state index in [1.54, 1.807) is 18.2 Å². The number of hydrogen-bond donors (Lipinski definition) is 4. The maximum absolute atomic E-state index is 13.3. The fourth-order valence-corrected chi connectivity index (χ4v) is 3.88. The van der Waals surface area contributed by atoms with E-state index >= 15 is 0 Å². The Bertz CT molecular complexity index is 1590. The number of carbonyl (C=O) groups is 4. The zero-order valence-corrected chi connectivity index (χ0v) is 19.6. The highest BCUT2D eigenvalue weighted by molar-refractivity contribution is 6.00. The second kappa shape index (κ2) is 9.97. The fraction of sp³-hybridized carbons (Fsp3) is 0.120. The summed E-state index contributed by atoms with van der Waals surface area (Å²) in [5, 5.41) is 12.0. The number of anilines is 1. The first-order valence-electron chi connectivity index (χ1n) is 11.3. The third-order valence-corrected chi connectivity index (χ3v) is 5.72. The molecular formula is C25H20FN7O5. The molecule has 192 valence electrons. The van der Waals surface area contributed by atoms with E-state index < -0.39 is 29.6 Å². The topological polar surface area (TPSA) is 170 Å². The summed E-state index contributed by atoms with van der Waals surface area (Å²) in [6, 6.07) is 11.5. The van der Waals surface area contributed by atoms with Gasteiger partial charge in [0.1, 0.15) is 29.0 Å². The lowest BCUT2D eigenvalue weighted by molar-refractivity contribution is -0.120. The quantitative estimate of drug-likeness (QED) is 0.284. The van der Waals surface area contributed by atoms with Gasteiger partial charge >= 0.3 is 0 Å². The minimum absolute atomic E-state index is 0.0637. The third-order valence-electron chi connectivity index (χ3n) is 5.72. The second-order valence-electron chi connectivity index (χ2n) is 8.34. The van der Waals surface area contributed by atoms with Gasteiger partial charge in [0.15, 0.2) is 12.3 Å². The van der Waals surface area contributed by atoms with Crippen LogP contribution < -0.4 is 26.4 Å². The average molecular weight is 517 g/mol. The highest BCUT2D eigenvalue weighted by Crippen LogP contribution is 2.28. The zero-order valence-electron chi connectivity index (χ0n) is 19.6. The zero-order chi connectivity index (χ0) is 26.8. The van der Waals surface area contributed by atoms with Crippen molar-refractivity contribution in [1.82, 2.24) is 25.2 Å². The van der Waals surface area contributed by atoms with Crippen LogP contribution in [-0.2, 0) is 16.1 Å². The monoisotopic (exact) mass is 517 g/mol. The van der Waals surface area contributed by atoms with Crippen molar-refractivity contribution in [2.75, 3.05) is 11.9 Å². The van der Waals surface area contributed by atoms with Crippen LogP contribution in [0.5, 0.6) is 5.75 Å². The van der Waals surface area contributed by atoms with Crippen molar-refractivity contribution in [2.24, 2.45) is 5.73 Å². The van der Waals surface area contributed by atoms with Crippen molar-refractivity contribution in [1.29, 1.82) is 0 Å². The molecule has 5 N–H and O–H groups in total. The van der Waals surface area contributed by atoms with Crippen molar-refractivity contribution in [3.8, 4) is 5.75 Å². The van der Waals surface area contributed by atoms with Gasteiger partial charge in [-0.2, -0.15) is 5.10 Å². The number of aromatic nitrogens is 3. The van der Waals surface area contributed by atoms with E-state index in [4.69, 9.17) is 10.5 Å². The molecule has 0 bridgehead atoms. The van der Waals surface area contributed by atoms with Gasteiger partial charge in [-0.3, -0.25) is 19.2 Å². The number of halogens is 1. The van der Waals surface area contributed by atoms with E-state index in [0.29, 0.717) is 17.0 Å². The Morgan fingerprint density at radius 1 is 1.11 bits per heavy atom. The van der Waals surface area contributed by atoms with Crippen molar-refractivity contribution >= 4 is 35.0 Å². The lowest BCUT2D eigenvalue weighted by atomic mass is 10.1. The molecule has 0 saturated carbocycles. The molecule has 1 aliphatic rings. The standard InChI is InChI=1S/C25H20FN7O5/c26-15-4-2-14(3-5-15)22(23(27)35)32-25(37)18-10-17(30-20-7-8-29-33(18)20)24(36)28-11-13-1-6-19-16(9-13)31-21(34)12-38-19/h1-10,22H,11-12H2,(H2,27,35)(H,28,36)(H,31,34)(H,32,37)/t22-/m1/s1. The highest BCUT2D eigenvalue weighted by Gasteiger charge is 2.24. The van der Waals surface area contributed by atoms with Gasteiger partial charge in [-0.05, 0) is 35.4 Å². The van der Waals surface area contributed by atoms with Crippen LogP contribution in [0.15, 0.2) is 60.8 Å². The number of benzene rings is 2. The van der Waals surface area contributed by atoms with Crippen molar-refractivity contribution < 1.29 is 28.3 Å². The number of nitrogens with zero attached hydrogens (tertiary/aromatic N) is 3. The number of nitrogens with one attached hydrogen (secondary N) is 3. The fourth-order valence-electron chi connectivity index (χ4n) is 3.88. The molecule has 0 radical (unpaired) electrons. The van der Waals surface area contributed by atoms with Crippen LogP contribution in [0.4, 0.5) is 10.1 Å². The minimum Gasteiger partial charge on any atom is -0.482 e. The van der Waals surface area contributed by atoms with Crippen LogP contribution in [0, 0.1) is 5.82 Å². The Morgan fingerprint density at radius 2 is 1.89 bits per heavy atom. The first-order valence-corrected chi connectivity index (χ1v) is 11.3. The summed E-state index contributed by atoms with van der Waals surface area (Å²) in [7, 11) is 0. The molecule has 4 aromatic rings. The number of primary amides is 1. The highest BCUT2D eigenvalue weighted by atomic mass is 19.1. The Morgan fingerprint density at radius 3 is 2.66 bits per heavy atom. The van der Waals surface area contributed by atoms with Crippen molar-refractivity contribution in [3.63, 3.8) is 0 Å². The molecule has 0 aliphatic carbocycles. The molecule has 2 aromatic carbocycles. The predicted molar refractivity (Wildman–Crippen MR) is 131 cm³/mol. The van der Waals surface area contributed by atoms with Crippen LogP contribution in [0.3, 0.4) is 0 Å². The van der Waals surface area contributed by atoms with E-state index in [9.17, 15) is 23.6 Å². The summed E-state index contributed by atoms with van der Waals surface area (Å²) in [6.45, 7) is 0.0375. The molecule has 13 heteroatoms. The first kappa shape index (κ1) is 24.4. The molecular weight excluding hydrogens is 497 g/mol. The summed E-state index contributed by atoms with van der Waals surface area (Å²) in [5.74, 6) is -2.46. The second-order valence-corrected chi connectivity index (χ2v) is 8.34. The first-order chi connectivity index (χ1) is 18.3. The number of nitrogens with two attached hydrogens (primary N) is 1. The van der Waals surface area contributed by atoms with E-state index in [2.05, 4.69) is 26.0 Å². The Balaban J connectivity index is 1.36. The van der Waals surface area contributed by atoms with Crippen LogP contribution in [0.2, 0.25) is 0 Å². The van der Waals surface area contributed by atoms with Gasteiger partial charge in [0, 0.05) is 18.7 Å². The number of hydrogen-bond acceptors (Lipinski definition) is 7. The van der Waals surface area contributed by atoms with Crippen LogP contribution in [0.1, 0.15) is 38.1 Å². The number of carbonyl (C=O) groups excluding carboxylic acids is 4. The van der Waals surface area contributed by atoms with Gasteiger partial charge in [0.2, 0.25) is 5.91 Å². The summed E-state index contributed by atoms with van der Waals surface area (Å²) in [6.07, 6.45) is 1.40. The third kappa shape index (κ3) is 4.97. The van der Waals surface area contributed by atoms with Gasteiger partial charge < -0.3 is 26.4 Å².